The molecule has 0 unspecified atom stereocenters. The maximum absolute atomic E-state index is 14.1. The Morgan fingerprint density at radius 3 is 1.51 bits per heavy atom. The third-order valence-electron chi connectivity index (χ3n) is 10.7. The molecule has 0 saturated carbocycles. The maximum atomic E-state index is 14.1. The molecule has 0 N–H and O–H groups in total. The molecule has 55 heavy (non-hydrogen) atoms. The number of hydrogen-bond acceptors (Lipinski definition) is 3. The molecular weight excluding hydrogens is 675 g/mol. The summed E-state index contributed by atoms with van der Waals surface area (Å²) in [5, 5.41) is 4.54. The third kappa shape index (κ3) is 4.92. The van der Waals surface area contributed by atoms with E-state index in [1.807, 2.05) is 71.3 Å². The summed E-state index contributed by atoms with van der Waals surface area (Å²) in [6, 6.07) is 64.8. The lowest BCUT2D eigenvalue weighted by molar-refractivity contribution is 0.890. The molecule has 0 amide bonds. The Bertz CT molecular complexity index is 3330. The predicted octanol–water partition coefficient (Wildman–Crippen LogP) is 11.3. The molecule has 0 atom stereocenters. The Hall–Kier alpha value is -7.57. The van der Waals surface area contributed by atoms with Crippen molar-refractivity contribution in [3.8, 4) is 45.1 Å². The normalized spacial score (nSPS) is 11.7. The minimum absolute atomic E-state index is 0.336. The molecule has 0 aliphatic carbocycles. The van der Waals surface area contributed by atoms with Gasteiger partial charge < -0.3 is 4.57 Å². The van der Waals surface area contributed by atoms with Gasteiger partial charge in [0.15, 0.2) is 0 Å². The molecule has 0 aliphatic rings. The van der Waals surface area contributed by atoms with Crippen LogP contribution < -0.4 is 5.69 Å². The molecule has 7 aromatic carbocycles. The van der Waals surface area contributed by atoms with Gasteiger partial charge in [-0.25, -0.2) is 9.20 Å². The molecule has 6 nitrogen and oxygen atoms in total. The molecule has 11 aromatic rings. The molecule has 0 aliphatic heterocycles. The summed E-state index contributed by atoms with van der Waals surface area (Å²) in [6.07, 6.45) is 0. The van der Waals surface area contributed by atoms with E-state index in [-0.39, 0.29) is 5.69 Å². The molecule has 6 heteroatoms. The molecule has 4 aromatic heterocycles. The number of nitrogens with zero attached hydrogens (tertiary/aromatic N) is 5. The summed E-state index contributed by atoms with van der Waals surface area (Å²) in [7, 11) is 0. The molecule has 258 valence electrons. The van der Waals surface area contributed by atoms with Crippen LogP contribution >= 0.6 is 0 Å². The van der Waals surface area contributed by atoms with Crippen LogP contribution in [0.1, 0.15) is 0 Å². The summed E-state index contributed by atoms with van der Waals surface area (Å²) in [5.41, 5.74) is 11.4. The first kappa shape index (κ1) is 31.0. The van der Waals surface area contributed by atoms with Crippen LogP contribution in [0.25, 0.3) is 94.4 Å². The van der Waals surface area contributed by atoms with Crippen LogP contribution in [0.4, 0.5) is 0 Å². The van der Waals surface area contributed by atoms with Crippen molar-refractivity contribution < 1.29 is 0 Å². The number of para-hydroxylation sites is 3. The van der Waals surface area contributed by atoms with Gasteiger partial charge in [0.1, 0.15) is 5.65 Å². The summed E-state index contributed by atoms with van der Waals surface area (Å²) in [4.78, 5) is 23.9. The van der Waals surface area contributed by atoms with E-state index in [0.29, 0.717) is 11.6 Å². The third-order valence-corrected chi connectivity index (χ3v) is 10.7. The van der Waals surface area contributed by atoms with Gasteiger partial charge in [-0.05, 0) is 88.5 Å². The van der Waals surface area contributed by atoms with Crippen molar-refractivity contribution in [2.75, 3.05) is 0 Å². The van der Waals surface area contributed by atoms with E-state index in [9.17, 15) is 4.79 Å². The highest BCUT2D eigenvalue weighted by molar-refractivity contribution is 6.12. The van der Waals surface area contributed by atoms with Gasteiger partial charge in [0.2, 0.25) is 5.95 Å². The van der Waals surface area contributed by atoms with E-state index < -0.39 is 0 Å². The van der Waals surface area contributed by atoms with Crippen LogP contribution in [0.5, 0.6) is 0 Å². The first-order chi connectivity index (χ1) is 27.2. The van der Waals surface area contributed by atoms with Gasteiger partial charge in [-0.2, -0.15) is 9.97 Å². The molecule has 4 heterocycles. The molecule has 0 bridgehead atoms. The topological polar surface area (TPSA) is 57.1 Å². The zero-order valence-corrected chi connectivity index (χ0v) is 29.5. The maximum Gasteiger partial charge on any atom is 0.357 e. The lowest BCUT2D eigenvalue weighted by atomic mass is 10.0. The highest BCUT2D eigenvalue weighted by Crippen LogP contribution is 2.38. The minimum Gasteiger partial charge on any atom is -0.309 e. The lowest BCUT2D eigenvalue weighted by Crippen LogP contribution is -2.23. The zero-order chi connectivity index (χ0) is 36.5. The van der Waals surface area contributed by atoms with Gasteiger partial charge in [0.25, 0.3) is 0 Å². The van der Waals surface area contributed by atoms with Crippen LogP contribution in [0.15, 0.2) is 193 Å². The van der Waals surface area contributed by atoms with Crippen LogP contribution in [0.3, 0.4) is 0 Å². The molecule has 11 rings (SSSR count). The predicted molar refractivity (Wildman–Crippen MR) is 224 cm³/mol. The average Bonchev–Trinajstić information content (AvgIpc) is 3.76. The quantitative estimate of drug-likeness (QED) is 0.179. The molecule has 0 fully saturated rings. The van der Waals surface area contributed by atoms with E-state index in [0.717, 1.165) is 61.0 Å². The summed E-state index contributed by atoms with van der Waals surface area (Å²) >= 11 is 0. The Labute approximate surface area is 315 Å². The van der Waals surface area contributed by atoms with Gasteiger partial charge in [-0.1, -0.05) is 127 Å². The fraction of sp³-hybridized carbons (Fsp3) is 0. The minimum atomic E-state index is -0.385. The molecule has 0 saturated heterocycles. The van der Waals surface area contributed by atoms with Crippen molar-refractivity contribution in [2.24, 2.45) is 0 Å². The number of rotatable bonds is 5. The van der Waals surface area contributed by atoms with Gasteiger partial charge in [0.05, 0.1) is 27.8 Å². The van der Waals surface area contributed by atoms with Crippen LogP contribution in [-0.2, 0) is 0 Å². The van der Waals surface area contributed by atoms with Gasteiger partial charge in [-0.3, -0.25) is 4.57 Å². The number of pyridine rings is 1. The Kier molecular flexibility index (Phi) is 6.91. The summed E-state index contributed by atoms with van der Waals surface area (Å²) < 4.78 is 5.97. The molecule has 0 radical (unpaired) electrons. The highest BCUT2D eigenvalue weighted by Gasteiger charge is 2.19. The van der Waals surface area contributed by atoms with E-state index >= 15 is 0 Å². The molecular formula is C49H31N5O. The number of aromatic nitrogens is 5. The van der Waals surface area contributed by atoms with Gasteiger partial charge in [-0.15, -0.1) is 0 Å². The second-order valence-electron chi connectivity index (χ2n) is 13.9. The Morgan fingerprint density at radius 2 is 0.873 bits per heavy atom. The van der Waals surface area contributed by atoms with Crippen LogP contribution in [-0.4, -0.2) is 23.5 Å². The van der Waals surface area contributed by atoms with E-state index in [1.165, 1.54) is 21.8 Å². The SMILES string of the molecule is O=c1nc(-n2c3ccccc3c3cc(-c4ccc5c(c4)c4ccccc4n5-c4ccccc4)ccc32)nc2cc(-c3ccccc3)cc(-c3ccccc3)n12. The fourth-order valence-electron chi connectivity index (χ4n) is 8.22. The van der Waals surface area contributed by atoms with Crippen LogP contribution in [0, 0.1) is 0 Å². The van der Waals surface area contributed by atoms with Crippen LogP contribution in [0.2, 0.25) is 0 Å². The number of hydrogen-bond donors (Lipinski definition) is 0. The van der Waals surface area contributed by atoms with E-state index in [1.54, 1.807) is 4.40 Å². The van der Waals surface area contributed by atoms with Crippen molar-refractivity contribution in [2.45, 2.75) is 0 Å². The fourth-order valence-corrected chi connectivity index (χ4v) is 8.22. The van der Waals surface area contributed by atoms with Gasteiger partial charge >= 0.3 is 5.69 Å². The number of benzene rings is 7. The van der Waals surface area contributed by atoms with Crippen molar-refractivity contribution in [3.63, 3.8) is 0 Å². The first-order valence-electron chi connectivity index (χ1n) is 18.4. The van der Waals surface area contributed by atoms with Crippen molar-refractivity contribution in [1.82, 2.24) is 23.5 Å². The highest BCUT2D eigenvalue weighted by atomic mass is 16.1. The average molecular weight is 706 g/mol. The molecule has 0 spiro atoms. The largest absolute Gasteiger partial charge is 0.357 e. The van der Waals surface area contributed by atoms with E-state index in [4.69, 9.17) is 4.98 Å². The van der Waals surface area contributed by atoms with Gasteiger partial charge in [0, 0.05) is 27.2 Å². The number of fused-ring (bicyclic) bond motifs is 7. The summed E-state index contributed by atoms with van der Waals surface area (Å²) in [6.45, 7) is 0. The second kappa shape index (κ2) is 12.3. The summed E-state index contributed by atoms with van der Waals surface area (Å²) in [5.74, 6) is 0.336. The Morgan fingerprint density at radius 1 is 0.364 bits per heavy atom. The lowest BCUT2D eigenvalue weighted by Gasteiger charge is -2.13. The standard InChI is InChI=1S/C49H31N5O/c55-49-51-48(50-47-31-36(32-14-4-1-5-15-32)30-46(54(47)49)33-16-6-2-7-17-33)53-43-23-13-11-21-39(43)41-29-35(25-27-45(41)53)34-24-26-44-40(28-34)38-20-10-12-22-42(38)52(44)37-18-8-3-9-19-37/h1-31H. The van der Waals surface area contributed by atoms with Crippen molar-refractivity contribution in [1.29, 1.82) is 0 Å². The monoisotopic (exact) mass is 705 g/mol. The smallest absolute Gasteiger partial charge is 0.309 e. The van der Waals surface area contributed by atoms with Crippen molar-refractivity contribution >= 4 is 49.3 Å². The van der Waals surface area contributed by atoms with E-state index in [2.05, 4.69) is 131 Å². The Balaban J connectivity index is 1.10. The van der Waals surface area contributed by atoms with Crippen molar-refractivity contribution in [3.05, 3.63) is 199 Å². The second-order valence-corrected chi connectivity index (χ2v) is 13.9. The zero-order valence-electron chi connectivity index (χ0n) is 29.5. The first-order valence-corrected chi connectivity index (χ1v) is 18.4.